The zero-order chi connectivity index (χ0) is 14.0. The van der Waals surface area contributed by atoms with E-state index in [9.17, 15) is 10.2 Å². The van der Waals surface area contributed by atoms with E-state index in [1.54, 1.807) is 0 Å². The van der Waals surface area contributed by atoms with Crippen LogP contribution in [0.4, 0.5) is 0 Å². The van der Waals surface area contributed by atoms with Crippen LogP contribution in [0, 0.1) is 0 Å². The fraction of sp³-hybridized carbons (Fsp3) is 0.917. The van der Waals surface area contributed by atoms with E-state index in [0.29, 0.717) is 19.1 Å². The van der Waals surface area contributed by atoms with Crippen LogP contribution in [0.2, 0.25) is 0 Å². The van der Waals surface area contributed by atoms with Crippen molar-refractivity contribution in [1.82, 2.24) is 10.6 Å². The second kappa shape index (κ2) is 6.41. The van der Waals surface area contributed by atoms with Gasteiger partial charge >= 0.3 is 0 Å². The Morgan fingerprint density at radius 3 is 2.79 bits per heavy atom. The quantitative estimate of drug-likeness (QED) is 0.559. The van der Waals surface area contributed by atoms with Crippen molar-refractivity contribution in [2.45, 2.75) is 56.6 Å². The van der Waals surface area contributed by atoms with Gasteiger partial charge in [0.1, 0.15) is 23.7 Å². The van der Waals surface area contributed by atoms with Crippen molar-refractivity contribution < 1.29 is 14.9 Å². The number of ether oxygens (including phenoxy) is 1. The molecule has 7 heteroatoms. The standard InChI is InChI=1S/C12H23N3O3S/c1-4-13-12-15-8-10(17)9(16)7(5-14-6(2)3)18-11(8)19-12/h6-11,14,16-17H,4-5H2,1-3H3,(H,13,15). The lowest BCUT2D eigenvalue weighted by Gasteiger charge is -2.39. The first kappa shape index (κ1) is 15.1. The van der Waals surface area contributed by atoms with Crippen molar-refractivity contribution in [3.05, 3.63) is 0 Å². The van der Waals surface area contributed by atoms with E-state index in [2.05, 4.69) is 15.6 Å². The first-order valence-electron chi connectivity index (χ1n) is 6.75. The number of hydrogen-bond donors (Lipinski definition) is 4. The van der Waals surface area contributed by atoms with Gasteiger partial charge in [0.2, 0.25) is 0 Å². The molecule has 2 fully saturated rings. The molecule has 0 radical (unpaired) electrons. The average Bonchev–Trinajstić information content (AvgIpc) is 2.75. The van der Waals surface area contributed by atoms with Gasteiger partial charge in [0.25, 0.3) is 0 Å². The van der Waals surface area contributed by atoms with E-state index in [4.69, 9.17) is 4.74 Å². The van der Waals surface area contributed by atoms with Gasteiger partial charge in [-0.15, -0.1) is 0 Å². The van der Waals surface area contributed by atoms with Crippen molar-refractivity contribution in [3.8, 4) is 0 Å². The van der Waals surface area contributed by atoms with E-state index in [0.717, 1.165) is 5.17 Å². The molecular formula is C12H23N3O3S. The highest BCUT2D eigenvalue weighted by Gasteiger charge is 2.48. The molecule has 0 amide bonds. The molecule has 5 unspecified atom stereocenters. The van der Waals surface area contributed by atoms with Gasteiger partial charge < -0.3 is 25.6 Å². The van der Waals surface area contributed by atoms with Gasteiger partial charge in [-0.05, 0) is 6.92 Å². The van der Waals surface area contributed by atoms with Crippen LogP contribution in [-0.2, 0) is 4.74 Å². The van der Waals surface area contributed by atoms with E-state index in [-0.39, 0.29) is 11.5 Å². The number of thioether (sulfide) groups is 1. The van der Waals surface area contributed by atoms with Crippen LogP contribution in [0.3, 0.4) is 0 Å². The minimum Gasteiger partial charge on any atom is -0.388 e. The average molecular weight is 289 g/mol. The zero-order valence-corrected chi connectivity index (χ0v) is 12.4. The number of nitrogens with one attached hydrogen (secondary N) is 2. The summed E-state index contributed by atoms with van der Waals surface area (Å²) in [6.45, 7) is 7.24. The summed E-state index contributed by atoms with van der Waals surface area (Å²) in [6, 6.07) is 0.0258. The van der Waals surface area contributed by atoms with Crippen LogP contribution in [0.5, 0.6) is 0 Å². The Hall–Kier alpha value is -0.340. The monoisotopic (exact) mass is 289 g/mol. The summed E-state index contributed by atoms with van der Waals surface area (Å²) < 4.78 is 5.87. The van der Waals surface area contributed by atoms with Gasteiger partial charge in [-0.2, -0.15) is 0 Å². The molecule has 110 valence electrons. The summed E-state index contributed by atoms with van der Waals surface area (Å²) >= 11 is 1.48. The molecule has 0 aromatic carbocycles. The largest absolute Gasteiger partial charge is 0.388 e. The molecule has 5 atom stereocenters. The minimum absolute atomic E-state index is 0.192. The van der Waals surface area contributed by atoms with Crippen molar-refractivity contribution in [3.63, 3.8) is 0 Å². The second-order valence-electron chi connectivity index (χ2n) is 5.15. The van der Waals surface area contributed by atoms with Crippen molar-refractivity contribution in [1.29, 1.82) is 0 Å². The molecule has 4 N–H and O–H groups in total. The maximum atomic E-state index is 10.2. The molecule has 2 rings (SSSR count). The predicted molar refractivity (Wildman–Crippen MR) is 76.3 cm³/mol. The molecule has 19 heavy (non-hydrogen) atoms. The minimum atomic E-state index is -0.887. The Morgan fingerprint density at radius 1 is 1.42 bits per heavy atom. The summed E-state index contributed by atoms with van der Waals surface area (Å²) in [7, 11) is 0. The number of aliphatic hydroxyl groups excluding tert-OH is 2. The number of rotatable bonds is 4. The Kier molecular flexibility index (Phi) is 5.08. The van der Waals surface area contributed by atoms with Crippen molar-refractivity contribution in [2.24, 2.45) is 4.99 Å². The van der Waals surface area contributed by atoms with E-state index < -0.39 is 18.3 Å². The van der Waals surface area contributed by atoms with Gasteiger partial charge in [-0.25, -0.2) is 0 Å². The first-order chi connectivity index (χ1) is 9.02. The van der Waals surface area contributed by atoms with Gasteiger partial charge in [-0.1, -0.05) is 25.6 Å². The van der Waals surface area contributed by atoms with Crippen LogP contribution < -0.4 is 10.6 Å². The fourth-order valence-electron chi connectivity index (χ4n) is 2.22. The van der Waals surface area contributed by atoms with E-state index >= 15 is 0 Å². The number of hydrogen-bond acceptors (Lipinski definition) is 6. The molecule has 0 saturated carbocycles. The molecule has 2 heterocycles. The Balaban J connectivity index is 2.00. The van der Waals surface area contributed by atoms with Gasteiger partial charge in [0.15, 0.2) is 5.17 Å². The molecule has 2 saturated heterocycles. The molecule has 0 spiro atoms. The summed E-state index contributed by atoms with van der Waals surface area (Å²) in [5.74, 6) is 0. The van der Waals surface area contributed by atoms with Crippen LogP contribution in [0.15, 0.2) is 4.99 Å². The highest BCUT2D eigenvalue weighted by molar-refractivity contribution is 8.14. The second-order valence-corrected chi connectivity index (χ2v) is 6.24. The summed E-state index contributed by atoms with van der Waals surface area (Å²) in [6.07, 6.45) is -2.12. The smallest absolute Gasteiger partial charge is 0.159 e. The van der Waals surface area contributed by atoms with Gasteiger partial charge in [-0.3, -0.25) is 4.99 Å². The first-order valence-corrected chi connectivity index (χ1v) is 7.63. The molecule has 6 nitrogen and oxygen atoms in total. The fourth-order valence-corrected chi connectivity index (χ4v) is 3.42. The van der Waals surface area contributed by atoms with Crippen LogP contribution >= 0.6 is 11.8 Å². The molecule has 0 aromatic rings. The predicted octanol–water partition coefficient (Wildman–Crippen LogP) is -0.488. The maximum absolute atomic E-state index is 10.2. The molecule has 2 aliphatic rings. The third kappa shape index (κ3) is 3.41. The lowest BCUT2D eigenvalue weighted by Crippen LogP contribution is -2.61. The zero-order valence-electron chi connectivity index (χ0n) is 11.5. The van der Waals surface area contributed by atoms with Gasteiger partial charge in [0, 0.05) is 19.1 Å². The number of fused-ring (bicyclic) bond motifs is 1. The third-order valence-electron chi connectivity index (χ3n) is 3.25. The lowest BCUT2D eigenvalue weighted by molar-refractivity contribution is -0.154. The number of aliphatic imine (C=N–C) groups is 1. The molecule has 0 bridgehead atoms. The lowest BCUT2D eigenvalue weighted by atomic mass is 9.98. The Labute approximate surface area is 118 Å². The number of nitrogens with zero attached hydrogens (tertiary/aromatic N) is 1. The number of amidine groups is 1. The Bertz CT molecular complexity index is 340. The topological polar surface area (TPSA) is 86.1 Å². The molecule has 0 aliphatic carbocycles. The van der Waals surface area contributed by atoms with Crippen molar-refractivity contribution in [2.75, 3.05) is 13.1 Å². The van der Waals surface area contributed by atoms with E-state index in [1.807, 2.05) is 20.8 Å². The maximum Gasteiger partial charge on any atom is 0.159 e. The third-order valence-corrected chi connectivity index (χ3v) is 4.35. The Morgan fingerprint density at radius 2 is 2.16 bits per heavy atom. The van der Waals surface area contributed by atoms with Crippen LogP contribution in [-0.4, -0.2) is 64.3 Å². The summed E-state index contributed by atoms with van der Waals surface area (Å²) in [4.78, 5) is 4.29. The van der Waals surface area contributed by atoms with E-state index in [1.165, 1.54) is 11.8 Å². The van der Waals surface area contributed by atoms with Crippen LogP contribution in [0.25, 0.3) is 0 Å². The molecule has 2 aliphatic heterocycles. The highest BCUT2D eigenvalue weighted by Crippen LogP contribution is 2.33. The summed E-state index contributed by atoms with van der Waals surface area (Å²) in [5, 5.41) is 27.4. The van der Waals surface area contributed by atoms with Crippen molar-refractivity contribution >= 4 is 16.9 Å². The number of aliphatic hydroxyl groups is 2. The highest BCUT2D eigenvalue weighted by atomic mass is 32.2. The SMILES string of the molecule is CCN=C1NC2C(OC(CNC(C)C)C(O)C2O)S1. The van der Waals surface area contributed by atoms with Gasteiger partial charge in [0.05, 0.1) is 6.04 Å². The summed E-state index contributed by atoms with van der Waals surface area (Å²) in [5.41, 5.74) is -0.192. The molecular weight excluding hydrogens is 266 g/mol. The molecule has 0 aromatic heterocycles. The normalized spacial score (nSPS) is 40.5. The van der Waals surface area contributed by atoms with Crippen LogP contribution in [0.1, 0.15) is 20.8 Å².